The fourth-order valence-corrected chi connectivity index (χ4v) is 2.48. The van der Waals surface area contributed by atoms with Crippen molar-refractivity contribution in [1.29, 1.82) is 0 Å². The molecule has 0 radical (unpaired) electrons. The first kappa shape index (κ1) is 15.9. The Bertz CT molecular complexity index is 474. The van der Waals surface area contributed by atoms with Gasteiger partial charge >= 0.3 is 0 Å². The van der Waals surface area contributed by atoms with Gasteiger partial charge in [-0.15, -0.1) is 0 Å². The number of rotatable bonds is 8. The summed E-state index contributed by atoms with van der Waals surface area (Å²) in [5, 5.41) is 0. The molecular weight excluding hydrogens is 267 g/mol. The molecule has 0 unspecified atom stereocenters. The van der Waals surface area contributed by atoms with Crippen LogP contribution in [0.3, 0.4) is 0 Å². The third-order valence-corrected chi connectivity index (χ3v) is 4.62. The van der Waals surface area contributed by atoms with Crippen molar-refractivity contribution in [2.75, 3.05) is 36.0 Å². The zero-order valence-corrected chi connectivity index (χ0v) is 12.0. The quantitative estimate of drug-likeness (QED) is 0.785. The van der Waals surface area contributed by atoms with E-state index in [4.69, 9.17) is 5.73 Å². The number of hydrogen-bond donors (Lipinski definition) is 1. The molecule has 0 saturated carbocycles. The zero-order chi connectivity index (χ0) is 14.3. The third kappa shape index (κ3) is 5.57. The number of nitrogens with zero attached hydrogens (tertiary/aromatic N) is 1. The van der Waals surface area contributed by atoms with Gasteiger partial charge in [-0.2, -0.15) is 0 Å². The second-order valence-electron chi connectivity index (χ2n) is 4.34. The molecule has 4 nitrogen and oxygen atoms in total. The molecule has 0 fully saturated rings. The summed E-state index contributed by atoms with van der Waals surface area (Å²) in [5.74, 6) is -0.0595. The molecule has 1 aromatic rings. The van der Waals surface area contributed by atoms with E-state index in [0.29, 0.717) is 19.6 Å². The van der Waals surface area contributed by atoms with E-state index in [1.807, 2.05) is 4.90 Å². The molecule has 0 spiro atoms. The normalized spacial score (nSPS) is 11.5. The highest BCUT2D eigenvalue weighted by molar-refractivity contribution is 7.91. The van der Waals surface area contributed by atoms with Crippen molar-refractivity contribution in [3.63, 3.8) is 0 Å². The van der Waals surface area contributed by atoms with Crippen LogP contribution < -0.4 is 10.6 Å². The molecule has 6 heteroatoms. The monoisotopic (exact) mass is 288 g/mol. The minimum atomic E-state index is -3.00. The Morgan fingerprint density at radius 1 is 1.21 bits per heavy atom. The van der Waals surface area contributed by atoms with Crippen molar-refractivity contribution >= 4 is 15.5 Å². The summed E-state index contributed by atoms with van der Waals surface area (Å²) in [5.41, 5.74) is 6.30. The summed E-state index contributed by atoms with van der Waals surface area (Å²) in [6.45, 7) is 3.25. The highest BCUT2D eigenvalue weighted by atomic mass is 32.2. The second-order valence-corrected chi connectivity index (χ2v) is 6.81. The highest BCUT2D eigenvalue weighted by Crippen LogP contribution is 2.15. The third-order valence-electron chi connectivity index (χ3n) is 2.94. The predicted octanol–water partition coefficient (Wildman–Crippen LogP) is 1.42. The molecule has 0 aliphatic rings. The zero-order valence-electron chi connectivity index (χ0n) is 11.2. The summed E-state index contributed by atoms with van der Waals surface area (Å²) in [7, 11) is -3.00. The first-order chi connectivity index (χ1) is 8.98. The number of halogens is 1. The van der Waals surface area contributed by atoms with Gasteiger partial charge in [0.2, 0.25) is 0 Å². The molecule has 1 rings (SSSR count). The van der Waals surface area contributed by atoms with Gasteiger partial charge in [0.25, 0.3) is 0 Å². The van der Waals surface area contributed by atoms with Crippen molar-refractivity contribution in [2.45, 2.75) is 13.3 Å². The Morgan fingerprint density at radius 3 is 2.37 bits per heavy atom. The maximum atomic E-state index is 12.9. The molecule has 19 heavy (non-hydrogen) atoms. The van der Waals surface area contributed by atoms with Crippen molar-refractivity contribution in [3.05, 3.63) is 30.1 Å². The first-order valence-corrected chi connectivity index (χ1v) is 8.21. The van der Waals surface area contributed by atoms with Crippen molar-refractivity contribution < 1.29 is 12.8 Å². The molecule has 0 heterocycles. The maximum absolute atomic E-state index is 12.9. The molecule has 108 valence electrons. The molecule has 0 amide bonds. The largest absolute Gasteiger partial charge is 0.370 e. The average molecular weight is 288 g/mol. The molecule has 0 saturated heterocycles. The van der Waals surface area contributed by atoms with E-state index in [-0.39, 0.29) is 17.3 Å². The Morgan fingerprint density at radius 2 is 1.84 bits per heavy atom. The van der Waals surface area contributed by atoms with Crippen molar-refractivity contribution in [1.82, 2.24) is 0 Å². The van der Waals surface area contributed by atoms with Gasteiger partial charge in [-0.25, -0.2) is 12.8 Å². The molecule has 0 aromatic heterocycles. The van der Waals surface area contributed by atoms with Gasteiger partial charge in [-0.3, -0.25) is 0 Å². The van der Waals surface area contributed by atoms with Gasteiger partial charge in [0.1, 0.15) is 5.82 Å². The van der Waals surface area contributed by atoms with E-state index in [1.54, 1.807) is 19.1 Å². The smallest absolute Gasteiger partial charge is 0.151 e. The standard InChI is InChI=1S/C13H21FN2O2S/c1-2-19(17,18)11-10-16(9-3-8-15)13-6-4-12(14)5-7-13/h4-7H,2-3,8-11,15H2,1H3. The van der Waals surface area contributed by atoms with Gasteiger partial charge in [0.15, 0.2) is 9.84 Å². The average Bonchev–Trinajstić information content (AvgIpc) is 2.40. The molecule has 0 atom stereocenters. The Hall–Kier alpha value is -1.14. The molecule has 1 aromatic carbocycles. The summed E-state index contributed by atoms with van der Waals surface area (Å²) in [6.07, 6.45) is 0.767. The van der Waals surface area contributed by atoms with E-state index < -0.39 is 9.84 Å². The number of nitrogens with two attached hydrogens (primary N) is 1. The van der Waals surface area contributed by atoms with Crippen LogP contribution in [0.1, 0.15) is 13.3 Å². The Kier molecular flexibility index (Phi) is 6.24. The summed E-state index contributed by atoms with van der Waals surface area (Å²) in [4.78, 5) is 1.93. The number of sulfone groups is 1. The van der Waals surface area contributed by atoms with E-state index >= 15 is 0 Å². The van der Waals surface area contributed by atoms with Crippen LogP contribution in [0.2, 0.25) is 0 Å². The van der Waals surface area contributed by atoms with Crippen LogP contribution >= 0.6 is 0 Å². The van der Waals surface area contributed by atoms with Crippen LogP contribution in [0, 0.1) is 5.82 Å². The molecule has 0 aliphatic heterocycles. The van der Waals surface area contributed by atoms with Gasteiger partial charge < -0.3 is 10.6 Å². The lowest BCUT2D eigenvalue weighted by Crippen LogP contribution is -2.31. The van der Waals surface area contributed by atoms with Gasteiger partial charge in [-0.05, 0) is 37.2 Å². The lowest BCUT2D eigenvalue weighted by Gasteiger charge is -2.24. The lowest BCUT2D eigenvalue weighted by atomic mass is 10.2. The predicted molar refractivity (Wildman–Crippen MR) is 76.6 cm³/mol. The van der Waals surface area contributed by atoms with Gasteiger partial charge in [0, 0.05) is 24.5 Å². The highest BCUT2D eigenvalue weighted by Gasteiger charge is 2.12. The SMILES string of the molecule is CCS(=O)(=O)CCN(CCCN)c1ccc(F)cc1. The maximum Gasteiger partial charge on any atom is 0.151 e. The van der Waals surface area contributed by atoms with Crippen LogP contribution in [0.15, 0.2) is 24.3 Å². The molecule has 2 N–H and O–H groups in total. The fourth-order valence-electron chi connectivity index (χ4n) is 1.70. The van der Waals surface area contributed by atoms with E-state index in [0.717, 1.165) is 12.1 Å². The van der Waals surface area contributed by atoms with Gasteiger partial charge in [0.05, 0.1) is 5.75 Å². The molecule has 0 bridgehead atoms. The van der Waals surface area contributed by atoms with Crippen LogP contribution in [0.4, 0.5) is 10.1 Å². The number of anilines is 1. The Labute approximate surface area is 114 Å². The van der Waals surface area contributed by atoms with Crippen molar-refractivity contribution in [3.8, 4) is 0 Å². The number of benzene rings is 1. The van der Waals surface area contributed by atoms with E-state index in [9.17, 15) is 12.8 Å². The molecular formula is C13H21FN2O2S. The van der Waals surface area contributed by atoms with Crippen LogP contribution in [0.25, 0.3) is 0 Å². The topological polar surface area (TPSA) is 63.4 Å². The summed E-state index contributed by atoms with van der Waals surface area (Å²) in [6, 6.07) is 6.06. The summed E-state index contributed by atoms with van der Waals surface area (Å²) < 4.78 is 36.0. The minimum Gasteiger partial charge on any atom is -0.370 e. The minimum absolute atomic E-state index is 0.103. The fraction of sp³-hybridized carbons (Fsp3) is 0.538. The molecule has 0 aliphatic carbocycles. The van der Waals surface area contributed by atoms with E-state index in [1.165, 1.54) is 12.1 Å². The van der Waals surface area contributed by atoms with Crippen LogP contribution in [-0.2, 0) is 9.84 Å². The van der Waals surface area contributed by atoms with E-state index in [2.05, 4.69) is 0 Å². The summed E-state index contributed by atoms with van der Waals surface area (Å²) >= 11 is 0. The lowest BCUT2D eigenvalue weighted by molar-refractivity contribution is 0.595. The van der Waals surface area contributed by atoms with Crippen molar-refractivity contribution in [2.24, 2.45) is 5.73 Å². The van der Waals surface area contributed by atoms with Gasteiger partial charge in [-0.1, -0.05) is 6.92 Å². The van der Waals surface area contributed by atoms with Crippen LogP contribution in [-0.4, -0.2) is 39.6 Å². The van der Waals surface area contributed by atoms with Crippen LogP contribution in [0.5, 0.6) is 0 Å². The second kappa shape index (κ2) is 7.45. The first-order valence-electron chi connectivity index (χ1n) is 6.39. The Balaban J connectivity index is 2.74. The number of hydrogen-bond acceptors (Lipinski definition) is 4.